The summed E-state index contributed by atoms with van der Waals surface area (Å²) in [4.78, 5) is 24.2. The smallest absolute Gasteiger partial charge is 0.309 e. The van der Waals surface area contributed by atoms with Crippen LogP contribution in [-0.4, -0.2) is 56.8 Å². The molecule has 0 fully saturated rings. The summed E-state index contributed by atoms with van der Waals surface area (Å²) < 4.78 is 11.6. The molecule has 0 amide bonds. The topological polar surface area (TPSA) is 52.6 Å². The van der Waals surface area contributed by atoms with E-state index in [1.807, 2.05) is 35.0 Å². The van der Waals surface area contributed by atoms with Gasteiger partial charge in [0.05, 0.1) is 34.2 Å². The van der Waals surface area contributed by atoms with Crippen molar-refractivity contribution in [2.24, 2.45) is 5.92 Å². The predicted octanol–water partition coefficient (Wildman–Crippen LogP) is 2.12. The molecule has 0 aromatic carbocycles. The average molecular weight is 436 g/mol. The number of halogens is 1. The largest absolute Gasteiger partial charge is 1.00 e. The van der Waals surface area contributed by atoms with E-state index in [1.165, 1.54) is 44.9 Å². The lowest BCUT2D eigenvalue weighted by molar-refractivity contribution is -0.873. The second kappa shape index (κ2) is 18.0. The van der Waals surface area contributed by atoms with Crippen LogP contribution < -0.4 is 12.4 Å². The van der Waals surface area contributed by atoms with Gasteiger partial charge in [0.25, 0.3) is 0 Å². The van der Waals surface area contributed by atoms with E-state index in [9.17, 15) is 9.59 Å². The Labute approximate surface area is 185 Å². The van der Waals surface area contributed by atoms with Gasteiger partial charge in [-0.3, -0.25) is 9.59 Å². The van der Waals surface area contributed by atoms with Crippen LogP contribution in [0.2, 0.25) is 0 Å². The van der Waals surface area contributed by atoms with Crippen molar-refractivity contribution in [3.8, 4) is 0 Å². The third-order valence-corrected chi connectivity index (χ3v) is 4.53. The summed E-state index contributed by atoms with van der Waals surface area (Å²) in [6.45, 7) is 7.26. The van der Waals surface area contributed by atoms with E-state index in [1.54, 1.807) is 0 Å². The molecule has 0 aromatic rings. The Morgan fingerprint density at radius 1 is 0.793 bits per heavy atom. The fourth-order valence-corrected chi connectivity index (χ4v) is 3.17. The van der Waals surface area contributed by atoms with Gasteiger partial charge in [-0.2, -0.15) is 0 Å². The average Bonchev–Trinajstić information content (AvgIpc) is 2.54. The number of unbranched alkanes of at least 4 members (excludes halogenated alkanes) is 8. The van der Waals surface area contributed by atoms with Gasteiger partial charge in [-0.15, -0.1) is 0 Å². The molecule has 29 heavy (non-hydrogen) atoms. The highest BCUT2D eigenvalue weighted by Gasteiger charge is 2.25. The Bertz CT molecular complexity index is 422. The van der Waals surface area contributed by atoms with Gasteiger partial charge < -0.3 is 26.4 Å². The number of carbonyl (C=O) groups is 2. The zero-order valence-electron chi connectivity index (χ0n) is 19.8. The van der Waals surface area contributed by atoms with Crippen molar-refractivity contribution in [3.05, 3.63) is 0 Å². The van der Waals surface area contributed by atoms with Crippen molar-refractivity contribution in [2.75, 3.05) is 34.3 Å². The Morgan fingerprint density at radius 2 is 1.31 bits per heavy atom. The van der Waals surface area contributed by atoms with Crippen LogP contribution in [0.4, 0.5) is 0 Å². The van der Waals surface area contributed by atoms with E-state index in [4.69, 9.17) is 9.47 Å². The lowest BCUT2D eigenvalue weighted by atomic mass is 10.1. The van der Waals surface area contributed by atoms with E-state index in [2.05, 4.69) is 6.92 Å². The van der Waals surface area contributed by atoms with Gasteiger partial charge in [0, 0.05) is 6.42 Å². The molecule has 0 aliphatic carbocycles. The van der Waals surface area contributed by atoms with Crippen molar-refractivity contribution in [3.63, 3.8) is 0 Å². The molecule has 5 nitrogen and oxygen atoms in total. The molecule has 0 radical (unpaired) electrons. The molecule has 1 atom stereocenters. The van der Waals surface area contributed by atoms with E-state index in [-0.39, 0.29) is 36.7 Å². The molecule has 0 aliphatic heterocycles. The summed E-state index contributed by atoms with van der Waals surface area (Å²) in [6.07, 6.45) is 11.2. The van der Waals surface area contributed by atoms with E-state index in [0.717, 1.165) is 12.8 Å². The molecule has 0 aromatic heterocycles. The normalized spacial score (nSPS) is 12.4. The fourth-order valence-electron chi connectivity index (χ4n) is 3.17. The zero-order valence-corrected chi connectivity index (χ0v) is 20.6. The Morgan fingerprint density at radius 3 is 1.79 bits per heavy atom. The number of ether oxygens (including phenoxy) is 2. The number of nitrogens with zero attached hydrogens (tertiary/aromatic N) is 1. The quantitative estimate of drug-likeness (QED) is 0.199. The van der Waals surface area contributed by atoms with Gasteiger partial charge in [-0.25, -0.2) is 0 Å². The maximum Gasteiger partial charge on any atom is 0.309 e. The summed E-state index contributed by atoms with van der Waals surface area (Å²) in [6, 6.07) is 0. The minimum Gasteiger partial charge on any atom is -1.00 e. The lowest BCUT2D eigenvalue weighted by Gasteiger charge is -2.28. The van der Waals surface area contributed by atoms with E-state index < -0.39 is 6.10 Å². The third-order valence-electron chi connectivity index (χ3n) is 4.53. The van der Waals surface area contributed by atoms with Gasteiger partial charge in [0.2, 0.25) is 0 Å². The minimum absolute atomic E-state index is 0. The van der Waals surface area contributed by atoms with Crippen molar-refractivity contribution < 1.29 is 36.0 Å². The first-order valence-corrected chi connectivity index (χ1v) is 11.3. The maximum absolute atomic E-state index is 12.2. The maximum atomic E-state index is 12.2. The summed E-state index contributed by atoms with van der Waals surface area (Å²) in [5.74, 6) is -0.258. The SMILES string of the molecule is CCCCCCCCCCCOC(=O)C[C@H](C[N+](C)(C)C)OC(=O)CC(C)C.[Cl-]. The van der Waals surface area contributed by atoms with Gasteiger partial charge in [-0.05, 0) is 12.3 Å². The van der Waals surface area contributed by atoms with Gasteiger partial charge in [0.15, 0.2) is 6.10 Å². The number of hydrogen-bond donors (Lipinski definition) is 0. The Balaban J connectivity index is 0. The molecule has 0 bridgehead atoms. The van der Waals surface area contributed by atoms with E-state index >= 15 is 0 Å². The Kier molecular flexibility index (Phi) is 18.9. The first kappa shape index (κ1) is 30.4. The number of carbonyl (C=O) groups excluding carboxylic acids is 2. The molecule has 0 spiro atoms. The number of hydrogen-bond acceptors (Lipinski definition) is 4. The standard InChI is InChI=1S/C23H46NO4.ClH/c1-7-8-9-10-11-12-13-14-15-16-27-22(25)18-21(19-24(4,5)6)28-23(26)17-20(2)3;/h20-21H,7-19H2,1-6H3;1H/q+1;/p-1/t21-;/m1./s1. The third kappa shape index (κ3) is 21.7. The summed E-state index contributed by atoms with van der Waals surface area (Å²) in [5.41, 5.74) is 0. The van der Waals surface area contributed by atoms with Crippen LogP contribution in [0, 0.1) is 5.92 Å². The first-order chi connectivity index (χ1) is 13.1. The Hall–Kier alpha value is -0.810. The lowest BCUT2D eigenvalue weighted by Crippen LogP contribution is -3.00. The van der Waals surface area contributed by atoms with E-state index in [0.29, 0.717) is 24.1 Å². The summed E-state index contributed by atoms with van der Waals surface area (Å²) >= 11 is 0. The monoisotopic (exact) mass is 435 g/mol. The predicted molar refractivity (Wildman–Crippen MR) is 115 cm³/mol. The first-order valence-electron chi connectivity index (χ1n) is 11.3. The van der Waals surface area contributed by atoms with Crippen LogP contribution in [0.15, 0.2) is 0 Å². The zero-order chi connectivity index (χ0) is 21.4. The van der Waals surface area contributed by atoms with Crippen LogP contribution in [0.25, 0.3) is 0 Å². The van der Waals surface area contributed by atoms with Crippen molar-refractivity contribution >= 4 is 11.9 Å². The highest BCUT2D eigenvalue weighted by molar-refractivity contribution is 5.72. The number of rotatable bonds is 17. The molecule has 0 rings (SSSR count). The molecule has 0 N–H and O–H groups in total. The number of quaternary nitrogens is 1. The summed E-state index contributed by atoms with van der Waals surface area (Å²) in [7, 11) is 6.07. The molecule has 6 heteroatoms. The van der Waals surface area contributed by atoms with Crippen LogP contribution in [0.5, 0.6) is 0 Å². The molecule has 0 unspecified atom stereocenters. The van der Waals surface area contributed by atoms with Crippen LogP contribution >= 0.6 is 0 Å². The summed E-state index contributed by atoms with van der Waals surface area (Å²) in [5, 5.41) is 0. The fraction of sp³-hybridized carbons (Fsp3) is 0.913. The molecular weight excluding hydrogens is 390 g/mol. The van der Waals surface area contributed by atoms with Crippen molar-refractivity contribution in [2.45, 2.75) is 97.5 Å². The molecule has 0 saturated carbocycles. The van der Waals surface area contributed by atoms with Crippen molar-refractivity contribution in [1.82, 2.24) is 0 Å². The van der Waals surface area contributed by atoms with Gasteiger partial charge in [-0.1, -0.05) is 72.1 Å². The van der Waals surface area contributed by atoms with Crippen molar-refractivity contribution in [1.29, 1.82) is 0 Å². The van der Waals surface area contributed by atoms with Crippen LogP contribution in [0.3, 0.4) is 0 Å². The molecule has 0 heterocycles. The second-order valence-corrected chi connectivity index (χ2v) is 9.44. The van der Waals surface area contributed by atoms with Crippen LogP contribution in [0.1, 0.15) is 91.4 Å². The van der Waals surface area contributed by atoms with Crippen LogP contribution in [-0.2, 0) is 19.1 Å². The molecule has 174 valence electrons. The minimum atomic E-state index is -0.429. The highest BCUT2D eigenvalue weighted by Crippen LogP contribution is 2.12. The highest BCUT2D eigenvalue weighted by atomic mass is 35.5. The second-order valence-electron chi connectivity index (χ2n) is 9.44. The number of esters is 2. The molecule has 0 aliphatic rings. The van der Waals surface area contributed by atoms with Gasteiger partial charge in [0.1, 0.15) is 6.54 Å². The van der Waals surface area contributed by atoms with Gasteiger partial charge >= 0.3 is 11.9 Å². The molecule has 0 saturated heterocycles. The number of likely N-dealkylation sites (N-methyl/N-ethyl adjacent to an activating group) is 1. The molecular formula is C23H46ClNO4.